The number of methoxy groups -OCH3 is 1. The molecule has 0 N–H and O–H groups in total. The molecule has 0 spiro atoms. The Labute approximate surface area is 160 Å². The van der Waals surface area contributed by atoms with Crippen molar-refractivity contribution in [2.75, 3.05) is 7.11 Å². The van der Waals surface area contributed by atoms with E-state index in [0.29, 0.717) is 23.5 Å². The molecular weight excluding hydrogens is 340 g/mol. The van der Waals surface area contributed by atoms with Crippen LogP contribution in [0.15, 0.2) is 28.8 Å². The summed E-state index contributed by atoms with van der Waals surface area (Å²) in [5.41, 5.74) is 4.68. The van der Waals surface area contributed by atoms with E-state index in [2.05, 4.69) is 40.9 Å². The molecule has 6 nitrogen and oxygen atoms in total. The quantitative estimate of drug-likeness (QED) is 0.587. The van der Waals surface area contributed by atoms with E-state index in [0.717, 1.165) is 47.5 Å². The van der Waals surface area contributed by atoms with Crippen LogP contribution in [0.5, 0.6) is 5.88 Å². The van der Waals surface area contributed by atoms with E-state index in [1.165, 1.54) is 0 Å². The number of ether oxygens (including phenoxy) is 1. The van der Waals surface area contributed by atoms with Crippen molar-refractivity contribution in [3.05, 3.63) is 41.3 Å². The van der Waals surface area contributed by atoms with Gasteiger partial charge < -0.3 is 9.26 Å². The van der Waals surface area contributed by atoms with E-state index in [1.54, 1.807) is 7.11 Å². The molecule has 0 aliphatic carbocycles. The molecule has 0 atom stereocenters. The second-order valence-electron chi connectivity index (χ2n) is 6.60. The van der Waals surface area contributed by atoms with Gasteiger partial charge in [-0.2, -0.15) is 4.98 Å². The fourth-order valence-corrected chi connectivity index (χ4v) is 3.18. The highest BCUT2D eigenvalue weighted by molar-refractivity contribution is 5.61. The van der Waals surface area contributed by atoms with Crippen LogP contribution >= 0.6 is 0 Å². The van der Waals surface area contributed by atoms with Crippen LogP contribution in [0.2, 0.25) is 0 Å². The topological polar surface area (TPSA) is 73.9 Å². The monoisotopic (exact) mass is 366 g/mol. The zero-order valence-corrected chi connectivity index (χ0v) is 16.6. The molecule has 6 heteroatoms. The Kier molecular flexibility index (Phi) is 5.84. The molecule has 0 saturated carbocycles. The summed E-state index contributed by atoms with van der Waals surface area (Å²) in [7, 11) is 1.62. The van der Waals surface area contributed by atoms with Gasteiger partial charge in [0.15, 0.2) is 0 Å². The van der Waals surface area contributed by atoms with Crippen molar-refractivity contribution in [1.82, 2.24) is 20.1 Å². The predicted molar refractivity (Wildman–Crippen MR) is 105 cm³/mol. The highest BCUT2D eigenvalue weighted by atomic mass is 16.5. The molecular formula is C21H26N4O2. The summed E-state index contributed by atoms with van der Waals surface area (Å²) in [6.07, 6.45) is 2.89. The van der Waals surface area contributed by atoms with Gasteiger partial charge in [0.1, 0.15) is 0 Å². The number of pyridine rings is 2. The number of nitrogens with zero attached hydrogens (tertiary/aromatic N) is 4. The summed E-state index contributed by atoms with van der Waals surface area (Å²) in [6.45, 7) is 8.38. The molecule has 0 unspecified atom stereocenters. The summed E-state index contributed by atoms with van der Waals surface area (Å²) < 4.78 is 10.9. The minimum Gasteiger partial charge on any atom is -0.481 e. The third kappa shape index (κ3) is 4.15. The molecule has 3 aromatic heterocycles. The van der Waals surface area contributed by atoms with Gasteiger partial charge in [0.05, 0.1) is 7.11 Å². The van der Waals surface area contributed by atoms with Crippen LogP contribution in [-0.2, 0) is 6.42 Å². The first kappa shape index (κ1) is 19.0. The molecule has 142 valence electrons. The standard InChI is InChI=1S/C21H26N4O2/c1-6-14(7-2)18-11-16(12-19(23-18)26-5)21-24-20(25-27-21)15-9-13(4)22-17(8-3)10-15/h9-12,14H,6-8H2,1-5H3. The average Bonchev–Trinajstić information content (AvgIpc) is 3.18. The van der Waals surface area contributed by atoms with Gasteiger partial charge in [0, 0.05) is 40.2 Å². The molecule has 0 aliphatic rings. The summed E-state index contributed by atoms with van der Waals surface area (Å²) in [5.74, 6) is 1.95. The SMILES string of the molecule is CCc1cc(-c2noc(-c3cc(OC)nc(C(CC)CC)c3)n2)cc(C)n1. The molecule has 0 amide bonds. The van der Waals surface area contributed by atoms with Gasteiger partial charge in [-0.15, -0.1) is 0 Å². The first-order valence-corrected chi connectivity index (χ1v) is 9.45. The second kappa shape index (κ2) is 8.29. The lowest BCUT2D eigenvalue weighted by molar-refractivity contribution is 0.393. The smallest absolute Gasteiger partial charge is 0.258 e. The largest absolute Gasteiger partial charge is 0.481 e. The van der Waals surface area contributed by atoms with Crippen LogP contribution < -0.4 is 4.74 Å². The lowest BCUT2D eigenvalue weighted by Gasteiger charge is -2.13. The third-order valence-corrected chi connectivity index (χ3v) is 4.73. The number of aromatic nitrogens is 4. The number of hydrogen-bond donors (Lipinski definition) is 0. The van der Waals surface area contributed by atoms with E-state index in [1.807, 2.05) is 31.2 Å². The van der Waals surface area contributed by atoms with Gasteiger partial charge in [-0.3, -0.25) is 4.98 Å². The van der Waals surface area contributed by atoms with E-state index >= 15 is 0 Å². The molecule has 0 bridgehead atoms. The maximum atomic E-state index is 5.56. The molecule has 0 aliphatic heterocycles. The number of aryl methyl sites for hydroxylation is 2. The van der Waals surface area contributed by atoms with Crippen LogP contribution in [0, 0.1) is 6.92 Å². The van der Waals surface area contributed by atoms with Crippen LogP contribution in [0.1, 0.15) is 56.6 Å². The maximum Gasteiger partial charge on any atom is 0.258 e. The van der Waals surface area contributed by atoms with Crippen molar-refractivity contribution in [3.63, 3.8) is 0 Å². The number of hydrogen-bond acceptors (Lipinski definition) is 6. The fraction of sp³-hybridized carbons (Fsp3) is 0.429. The van der Waals surface area contributed by atoms with Crippen molar-refractivity contribution in [2.45, 2.75) is 52.9 Å². The molecule has 0 radical (unpaired) electrons. The first-order valence-electron chi connectivity index (χ1n) is 9.45. The van der Waals surface area contributed by atoms with Crippen molar-refractivity contribution in [3.8, 4) is 28.7 Å². The second-order valence-corrected chi connectivity index (χ2v) is 6.60. The molecule has 3 heterocycles. The summed E-state index contributed by atoms with van der Waals surface area (Å²) in [4.78, 5) is 13.7. The van der Waals surface area contributed by atoms with Crippen molar-refractivity contribution >= 4 is 0 Å². The molecule has 0 aromatic carbocycles. The van der Waals surface area contributed by atoms with E-state index in [9.17, 15) is 0 Å². The Bertz CT molecular complexity index is 916. The van der Waals surface area contributed by atoms with Gasteiger partial charge >= 0.3 is 0 Å². The van der Waals surface area contributed by atoms with Gasteiger partial charge in [-0.05, 0) is 44.4 Å². The minimum atomic E-state index is 0.371. The molecule has 0 fully saturated rings. The van der Waals surface area contributed by atoms with Crippen molar-refractivity contribution in [1.29, 1.82) is 0 Å². The van der Waals surface area contributed by atoms with Crippen LogP contribution in [-0.4, -0.2) is 27.2 Å². The van der Waals surface area contributed by atoms with Crippen molar-refractivity contribution in [2.24, 2.45) is 0 Å². The van der Waals surface area contributed by atoms with Gasteiger partial charge in [-0.25, -0.2) is 4.98 Å². The van der Waals surface area contributed by atoms with Crippen LogP contribution in [0.4, 0.5) is 0 Å². The van der Waals surface area contributed by atoms with Gasteiger partial charge in [-0.1, -0.05) is 25.9 Å². The Balaban J connectivity index is 2.01. The average molecular weight is 366 g/mol. The minimum absolute atomic E-state index is 0.371. The first-order chi connectivity index (χ1) is 13.1. The normalized spacial score (nSPS) is 11.2. The molecule has 3 aromatic rings. The van der Waals surface area contributed by atoms with Crippen LogP contribution in [0.3, 0.4) is 0 Å². The Morgan fingerprint density at radius 2 is 1.74 bits per heavy atom. The summed E-state index contributed by atoms with van der Waals surface area (Å²) in [5, 5.41) is 4.17. The van der Waals surface area contributed by atoms with E-state index in [-0.39, 0.29) is 0 Å². The maximum absolute atomic E-state index is 5.56. The fourth-order valence-electron chi connectivity index (χ4n) is 3.18. The molecule has 0 saturated heterocycles. The zero-order valence-electron chi connectivity index (χ0n) is 16.6. The lowest BCUT2D eigenvalue weighted by Crippen LogP contribution is -2.01. The Morgan fingerprint density at radius 1 is 0.963 bits per heavy atom. The number of rotatable bonds is 7. The molecule has 3 rings (SSSR count). The highest BCUT2D eigenvalue weighted by Gasteiger charge is 2.17. The molecule has 27 heavy (non-hydrogen) atoms. The van der Waals surface area contributed by atoms with Crippen LogP contribution in [0.25, 0.3) is 22.8 Å². The van der Waals surface area contributed by atoms with E-state index < -0.39 is 0 Å². The third-order valence-electron chi connectivity index (χ3n) is 4.73. The Morgan fingerprint density at radius 3 is 2.41 bits per heavy atom. The van der Waals surface area contributed by atoms with Gasteiger partial charge in [0.2, 0.25) is 11.7 Å². The van der Waals surface area contributed by atoms with Gasteiger partial charge in [0.25, 0.3) is 5.89 Å². The summed E-state index contributed by atoms with van der Waals surface area (Å²) in [6, 6.07) is 7.83. The highest BCUT2D eigenvalue weighted by Crippen LogP contribution is 2.30. The predicted octanol–water partition coefficient (Wildman–Crippen LogP) is 4.98. The zero-order chi connectivity index (χ0) is 19.4. The Hall–Kier alpha value is -2.76. The van der Waals surface area contributed by atoms with Crippen molar-refractivity contribution < 1.29 is 9.26 Å². The lowest BCUT2D eigenvalue weighted by atomic mass is 9.97. The van der Waals surface area contributed by atoms with E-state index in [4.69, 9.17) is 9.26 Å². The summed E-state index contributed by atoms with van der Waals surface area (Å²) >= 11 is 0.